The highest BCUT2D eigenvalue weighted by atomic mass is 35.5. The summed E-state index contributed by atoms with van der Waals surface area (Å²) in [7, 11) is 0. The van der Waals surface area contributed by atoms with E-state index in [0.717, 1.165) is 25.9 Å². The number of nitrogens with zero attached hydrogens (tertiary/aromatic N) is 1. The first-order chi connectivity index (χ1) is 14.5. The molecule has 1 aliphatic heterocycles. The van der Waals surface area contributed by atoms with E-state index in [1.807, 2.05) is 6.92 Å². The second-order valence-electron chi connectivity index (χ2n) is 7.03. The van der Waals surface area contributed by atoms with Crippen molar-refractivity contribution in [3.63, 3.8) is 0 Å². The maximum Gasteiger partial charge on any atom is 0.255 e. The van der Waals surface area contributed by atoms with E-state index < -0.39 is 0 Å². The largest absolute Gasteiger partial charge is 0.375 e. The van der Waals surface area contributed by atoms with Crippen molar-refractivity contribution >= 4 is 40.7 Å². The van der Waals surface area contributed by atoms with Gasteiger partial charge in [0, 0.05) is 41.6 Å². The molecule has 1 saturated heterocycles. The summed E-state index contributed by atoms with van der Waals surface area (Å²) >= 11 is 6.10. The molecule has 30 heavy (non-hydrogen) atoms. The summed E-state index contributed by atoms with van der Waals surface area (Å²) in [4.78, 5) is 38.9. The number of halogens is 1. The fraction of sp³-hybridized carbons (Fsp3) is 0.318. The lowest BCUT2D eigenvalue weighted by Crippen LogP contribution is -2.29. The first kappa shape index (κ1) is 21.6. The van der Waals surface area contributed by atoms with Gasteiger partial charge in [-0.1, -0.05) is 17.7 Å². The van der Waals surface area contributed by atoms with Gasteiger partial charge in [0.1, 0.15) is 0 Å². The van der Waals surface area contributed by atoms with E-state index in [1.165, 1.54) is 0 Å². The highest BCUT2D eigenvalue weighted by molar-refractivity contribution is 6.31. The van der Waals surface area contributed by atoms with Crippen LogP contribution in [0.3, 0.4) is 0 Å². The average molecular weight is 429 g/mol. The van der Waals surface area contributed by atoms with Gasteiger partial charge in [0.2, 0.25) is 5.91 Å². The summed E-state index contributed by atoms with van der Waals surface area (Å²) in [5.41, 5.74) is 2.00. The number of amides is 3. The fourth-order valence-electron chi connectivity index (χ4n) is 3.32. The molecule has 3 amide bonds. The zero-order valence-corrected chi connectivity index (χ0v) is 17.6. The van der Waals surface area contributed by atoms with Crippen LogP contribution in [0.5, 0.6) is 0 Å². The van der Waals surface area contributed by atoms with Crippen LogP contribution in [0.15, 0.2) is 42.5 Å². The minimum atomic E-state index is -0.303. The summed E-state index contributed by atoms with van der Waals surface area (Å²) in [5, 5.41) is 8.97. The number of likely N-dealkylation sites (tertiary alicyclic amines) is 1. The van der Waals surface area contributed by atoms with Crippen molar-refractivity contribution < 1.29 is 14.4 Å². The molecular weight excluding hydrogens is 404 g/mol. The van der Waals surface area contributed by atoms with E-state index >= 15 is 0 Å². The van der Waals surface area contributed by atoms with Crippen molar-refractivity contribution in [3.05, 3.63) is 58.6 Å². The number of hydrogen-bond acceptors (Lipinski definition) is 4. The second-order valence-corrected chi connectivity index (χ2v) is 7.47. The summed E-state index contributed by atoms with van der Waals surface area (Å²) in [6.45, 7) is 3.80. The molecular formula is C22H25ClN4O3. The van der Waals surface area contributed by atoms with E-state index in [4.69, 9.17) is 11.6 Å². The van der Waals surface area contributed by atoms with Gasteiger partial charge in [-0.3, -0.25) is 14.4 Å². The number of carbonyl (C=O) groups is 3. The Bertz CT molecular complexity index is 942. The molecule has 2 aromatic rings. The highest BCUT2D eigenvalue weighted by Crippen LogP contribution is 2.24. The Labute approximate surface area is 180 Å². The Hall–Kier alpha value is -3.06. The molecule has 0 unspecified atom stereocenters. The molecule has 7 nitrogen and oxygen atoms in total. The minimum absolute atomic E-state index is 0.0496. The van der Waals surface area contributed by atoms with Gasteiger partial charge in [0.15, 0.2) is 0 Å². The quantitative estimate of drug-likeness (QED) is 0.630. The Kier molecular flexibility index (Phi) is 7.30. The Morgan fingerprint density at radius 3 is 2.57 bits per heavy atom. The van der Waals surface area contributed by atoms with Crippen LogP contribution in [-0.4, -0.2) is 48.8 Å². The molecule has 1 heterocycles. The molecule has 0 saturated carbocycles. The van der Waals surface area contributed by atoms with E-state index in [9.17, 15) is 14.4 Å². The smallest absolute Gasteiger partial charge is 0.255 e. The van der Waals surface area contributed by atoms with Gasteiger partial charge < -0.3 is 20.9 Å². The topological polar surface area (TPSA) is 90.5 Å². The second kappa shape index (κ2) is 10.1. The van der Waals surface area contributed by atoms with Crippen LogP contribution in [-0.2, 0) is 4.79 Å². The number of anilines is 2. The van der Waals surface area contributed by atoms with Crippen molar-refractivity contribution in [1.82, 2.24) is 10.2 Å². The lowest BCUT2D eigenvalue weighted by atomic mass is 10.1. The number of rotatable bonds is 7. The molecule has 1 aliphatic rings. The van der Waals surface area contributed by atoms with Crippen molar-refractivity contribution in [1.29, 1.82) is 0 Å². The molecule has 3 N–H and O–H groups in total. The van der Waals surface area contributed by atoms with Gasteiger partial charge in [0.05, 0.1) is 12.1 Å². The molecule has 0 bridgehead atoms. The molecule has 3 rings (SSSR count). The van der Waals surface area contributed by atoms with Gasteiger partial charge in [-0.2, -0.15) is 0 Å². The molecule has 0 aromatic heterocycles. The SMILES string of the molecule is CCNC(=O)c1cccc(NC(=O)CNc2cc(Cl)ccc2C(=O)N2CCCC2)c1. The first-order valence-corrected chi connectivity index (χ1v) is 10.4. The van der Waals surface area contributed by atoms with Crippen molar-refractivity contribution in [2.24, 2.45) is 0 Å². The van der Waals surface area contributed by atoms with E-state index in [-0.39, 0.29) is 24.3 Å². The number of carbonyl (C=O) groups excluding carboxylic acids is 3. The van der Waals surface area contributed by atoms with Gasteiger partial charge in [-0.05, 0) is 56.2 Å². The van der Waals surface area contributed by atoms with Gasteiger partial charge >= 0.3 is 0 Å². The van der Waals surface area contributed by atoms with E-state index in [1.54, 1.807) is 47.4 Å². The van der Waals surface area contributed by atoms with Crippen LogP contribution in [0.2, 0.25) is 5.02 Å². The normalized spacial score (nSPS) is 13.1. The number of benzene rings is 2. The number of hydrogen-bond donors (Lipinski definition) is 3. The Morgan fingerprint density at radius 2 is 1.83 bits per heavy atom. The third-order valence-electron chi connectivity index (χ3n) is 4.79. The standard InChI is InChI=1S/C22H25ClN4O3/c1-2-24-21(29)15-6-5-7-17(12-15)26-20(28)14-25-19-13-16(23)8-9-18(19)22(30)27-10-3-4-11-27/h5-9,12-13,25H,2-4,10-11,14H2,1H3,(H,24,29)(H,26,28). The molecule has 8 heteroatoms. The van der Waals surface area contributed by atoms with Gasteiger partial charge in [-0.15, -0.1) is 0 Å². The lowest BCUT2D eigenvalue weighted by Gasteiger charge is -2.18. The fourth-order valence-corrected chi connectivity index (χ4v) is 3.49. The summed E-state index contributed by atoms with van der Waals surface area (Å²) < 4.78 is 0. The number of nitrogens with one attached hydrogen (secondary N) is 3. The maximum absolute atomic E-state index is 12.8. The molecule has 0 aliphatic carbocycles. The maximum atomic E-state index is 12.8. The average Bonchev–Trinajstić information content (AvgIpc) is 3.27. The summed E-state index contributed by atoms with van der Waals surface area (Å²) in [6.07, 6.45) is 2.00. The third-order valence-corrected chi connectivity index (χ3v) is 5.03. The molecule has 1 fully saturated rings. The van der Waals surface area contributed by atoms with Crippen molar-refractivity contribution in [2.75, 3.05) is 36.8 Å². The monoisotopic (exact) mass is 428 g/mol. The van der Waals surface area contributed by atoms with Crippen LogP contribution in [0.4, 0.5) is 11.4 Å². The van der Waals surface area contributed by atoms with Crippen molar-refractivity contribution in [2.45, 2.75) is 19.8 Å². The first-order valence-electron chi connectivity index (χ1n) is 9.98. The van der Waals surface area contributed by atoms with Crippen molar-refractivity contribution in [3.8, 4) is 0 Å². The van der Waals surface area contributed by atoms with E-state index in [0.29, 0.717) is 34.1 Å². The minimum Gasteiger partial charge on any atom is -0.375 e. The van der Waals surface area contributed by atoms with E-state index in [2.05, 4.69) is 16.0 Å². The molecule has 0 atom stereocenters. The molecule has 0 radical (unpaired) electrons. The Morgan fingerprint density at radius 1 is 1.07 bits per heavy atom. The van der Waals surface area contributed by atoms with Crippen LogP contribution in [0.1, 0.15) is 40.5 Å². The summed E-state index contributed by atoms with van der Waals surface area (Å²) in [5.74, 6) is -0.569. The predicted molar refractivity (Wildman–Crippen MR) is 118 cm³/mol. The summed E-state index contributed by atoms with van der Waals surface area (Å²) in [6, 6.07) is 11.7. The highest BCUT2D eigenvalue weighted by Gasteiger charge is 2.22. The van der Waals surface area contributed by atoms with Crippen LogP contribution in [0.25, 0.3) is 0 Å². The zero-order chi connectivity index (χ0) is 21.5. The predicted octanol–water partition coefficient (Wildman–Crippen LogP) is 3.38. The van der Waals surface area contributed by atoms with Crippen LogP contribution < -0.4 is 16.0 Å². The molecule has 158 valence electrons. The van der Waals surface area contributed by atoms with Gasteiger partial charge in [-0.25, -0.2) is 0 Å². The van der Waals surface area contributed by atoms with Gasteiger partial charge in [0.25, 0.3) is 11.8 Å². The van der Waals surface area contributed by atoms with Crippen LogP contribution >= 0.6 is 11.6 Å². The van der Waals surface area contributed by atoms with Crippen LogP contribution in [0, 0.1) is 0 Å². The molecule has 2 aromatic carbocycles. The molecule has 0 spiro atoms. The lowest BCUT2D eigenvalue weighted by molar-refractivity contribution is -0.114. The third kappa shape index (κ3) is 5.51. The Balaban J connectivity index is 1.65. The zero-order valence-electron chi connectivity index (χ0n) is 16.8.